The molecule has 0 radical (unpaired) electrons. The summed E-state index contributed by atoms with van der Waals surface area (Å²) in [5.41, 5.74) is 1.10. The van der Waals surface area contributed by atoms with Gasteiger partial charge >= 0.3 is 0 Å². The highest BCUT2D eigenvalue weighted by molar-refractivity contribution is 14.0. The SMILES string of the molecule is CN=C(NCc1ccon1)NCC1(N2CCOCC2)CCCCC1.I. The molecule has 7 nitrogen and oxygen atoms in total. The van der Waals surface area contributed by atoms with Crippen molar-refractivity contribution in [2.75, 3.05) is 39.9 Å². The molecule has 1 aromatic heterocycles. The quantitative estimate of drug-likeness (QED) is 0.396. The van der Waals surface area contributed by atoms with E-state index in [2.05, 4.69) is 25.7 Å². The molecule has 0 bridgehead atoms. The smallest absolute Gasteiger partial charge is 0.191 e. The first-order valence-electron chi connectivity index (χ1n) is 8.99. The van der Waals surface area contributed by atoms with Gasteiger partial charge in [-0.05, 0) is 12.8 Å². The molecule has 0 aromatic carbocycles. The highest BCUT2D eigenvalue weighted by atomic mass is 127. The highest BCUT2D eigenvalue weighted by Crippen LogP contribution is 2.33. The van der Waals surface area contributed by atoms with E-state index in [4.69, 9.17) is 9.26 Å². The Morgan fingerprint density at radius 2 is 2.00 bits per heavy atom. The fourth-order valence-corrected chi connectivity index (χ4v) is 3.82. The lowest BCUT2D eigenvalue weighted by Gasteiger charge is -2.48. The topological polar surface area (TPSA) is 74.9 Å². The van der Waals surface area contributed by atoms with E-state index < -0.39 is 0 Å². The molecule has 8 heteroatoms. The van der Waals surface area contributed by atoms with Crippen LogP contribution in [0.5, 0.6) is 0 Å². The largest absolute Gasteiger partial charge is 0.379 e. The third kappa shape index (κ3) is 5.55. The highest BCUT2D eigenvalue weighted by Gasteiger charge is 2.38. The summed E-state index contributed by atoms with van der Waals surface area (Å²) in [4.78, 5) is 6.97. The monoisotopic (exact) mass is 463 g/mol. The van der Waals surface area contributed by atoms with E-state index in [-0.39, 0.29) is 29.5 Å². The molecular formula is C17H30IN5O2. The number of aliphatic imine (C=N–C) groups is 1. The maximum absolute atomic E-state index is 5.55. The number of rotatable bonds is 5. The summed E-state index contributed by atoms with van der Waals surface area (Å²) < 4.78 is 10.4. The van der Waals surface area contributed by atoms with Crippen LogP contribution in [-0.4, -0.2) is 61.5 Å². The number of ether oxygens (including phenoxy) is 1. The second kappa shape index (κ2) is 10.3. The standard InChI is InChI=1S/C17H29N5O2.HI/c1-18-16(19-13-15-5-10-24-21-15)20-14-17(6-3-2-4-7-17)22-8-11-23-12-9-22;/h5,10H,2-4,6-9,11-14H2,1H3,(H2,18,19,20);1H. The Bertz CT molecular complexity index is 511. The lowest BCUT2D eigenvalue weighted by Crippen LogP contribution is -2.60. The van der Waals surface area contributed by atoms with Crippen molar-refractivity contribution in [1.82, 2.24) is 20.7 Å². The molecular weight excluding hydrogens is 433 g/mol. The summed E-state index contributed by atoms with van der Waals surface area (Å²) >= 11 is 0. The Morgan fingerprint density at radius 1 is 1.24 bits per heavy atom. The van der Waals surface area contributed by atoms with Crippen molar-refractivity contribution < 1.29 is 9.26 Å². The van der Waals surface area contributed by atoms with Gasteiger partial charge in [-0.25, -0.2) is 0 Å². The minimum atomic E-state index is 0. The van der Waals surface area contributed by atoms with Gasteiger partial charge < -0.3 is 19.9 Å². The van der Waals surface area contributed by atoms with Crippen LogP contribution >= 0.6 is 24.0 Å². The van der Waals surface area contributed by atoms with Crippen molar-refractivity contribution in [3.63, 3.8) is 0 Å². The van der Waals surface area contributed by atoms with Crippen molar-refractivity contribution in [2.45, 2.75) is 44.2 Å². The molecule has 0 atom stereocenters. The fraction of sp³-hybridized carbons (Fsp3) is 0.765. The van der Waals surface area contributed by atoms with Crippen LogP contribution in [0, 0.1) is 0 Å². The van der Waals surface area contributed by atoms with Crippen LogP contribution in [0.4, 0.5) is 0 Å². The minimum Gasteiger partial charge on any atom is -0.379 e. The van der Waals surface area contributed by atoms with Gasteiger partial charge in [0.1, 0.15) is 12.0 Å². The molecule has 1 saturated carbocycles. The molecule has 0 unspecified atom stereocenters. The Balaban J connectivity index is 0.00000225. The van der Waals surface area contributed by atoms with E-state index in [0.717, 1.165) is 44.5 Å². The third-order valence-corrected chi connectivity index (χ3v) is 5.20. The molecule has 2 heterocycles. The second-order valence-corrected chi connectivity index (χ2v) is 6.65. The van der Waals surface area contributed by atoms with E-state index in [1.54, 1.807) is 13.3 Å². The summed E-state index contributed by atoms with van der Waals surface area (Å²) in [7, 11) is 1.81. The van der Waals surface area contributed by atoms with Crippen LogP contribution < -0.4 is 10.6 Å². The first-order valence-corrected chi connectivity index (χ1v) is 8.99. The number of morpholine rings is 1. The molecule has 142 valence electrons. The number of guanidine groups is 1. The van der Waals surface area contributed by atoms with Crippen LogP contribution in [0.2, 0.25) is 0 Å². The zero-order chi connectivity index (χ0) is 16.7. The van der Waals surface area contributed by atoms with Crippen LogP contribution in [0.15, 0.2) is 21.8 Å². The van der Waals surface area contributed by atoms with E-state index in [1.807, 2.05) is 6.07 Å². The number of nitrogens with zero attached hydrogens (tertiary/aromatic N) is 3. The van der Waals surface area contributed by atoms with Crippen molar-refractivity contribution in [1.29, 1.82) is 0 Å². The summed E-state index contributed by atoms with van der Waals surface area (Å²) in [5.74, 6) is 0.816. The van der Waals surface area contributed by atoms with Gasteiger partial charge in [0.25, 0.3) is 0 Å². The number of aromatic nitrogens is 1. The third-order valence-electron chi connectivity index (χ3n) is 5.20. The molecule has 2 aliphatic rings. The summed E-state index contributed by atoms with van der Waals surface area (Å²) in [6.45, 7) is 5.30. The maximum Gasteiger partial charge on any atom is 0.191 e. The average Bonchev–Trinajstić information content (AvgIpc) is 3.17. The van der Waals surface area contributed by atoms with Crippen LogP contribution in [0.3, 0.4) is 0 Å². The molecule has 3 rings (SSSR count). The fourth-order valence-electron chi connectivity index (χ4n) is 3.82. The van der Waals surface area contributed by atoms with Crippen LogP contribution in [-0.2, 0) is 11.3 Å². The first kappa shape index (κ1) is 20.4. The number of hydrogen-bond acceptors (Lipinski definition) is 5. The van der Waals surface area contributed by atoms with E-state index in [9.17, 15) is 0 Å². The molecule has 1 aromatic rings. The summed E-state index contributed by atoms with van der Waals surface area (Å²) in [5, 5.41) is 10.8. The Hall–Kier alpha value is -0.870. The molecule has 1 saturated heterocycles. The molecule has 0 spiro atoms. The van der Waals surface area contributed by atoms with Gasteiger partial charge in [-0.3, -0.25) is 9.89 Å². The molecule has 25 heavy (non-hydrogen) atoms. The lowest BCUT2D eigenvalue weighted by atomic mass is 9.80. The van der Waals surface area contributed by atoms with Gasteiger partial charge in [0.05, 0.1) is 19.8 Å². The van der Waals surface area contributed by atoms with Gasteiger partial charge in [0, 0.05) is 38.3 Å². The van der Waals surface area contributed by atoms with E-state index in [0.29, 0.717) is 6.54 Å². The summed E-state index contributed by atoms with van der Waals surface area (Å²) in [6.07, 6.45) is 8.06. The van der Waals surface area contributed by atoms with E-state index >= 15 is 0 Å². The lowest BCUT2D eigenvalue weighted by molar-refractivity contribution is -0.0352. The first-order chi connectivity index (χ1) is 11.8. The second-order valence-electron chi connectivity index (χ2n) is 6.65. The number of nitrogens with one attached hydrogen (secondary N) is 2. The molecule has 2 N–H and O–H groups in total. The predicted octanol–water partition coefficient (Wildman–Crippen LogP) is 1.99. The molecule has 0 amide bonds. The van der Waals surface area contributed by atoms with Gasteiger partial charge in [-0.1, -0.05) is 24.4 Å². The van der Waals surface area contributed by atoms with Crippen LogP contribution in [0.25, 0.3) is 0 Å². The maximum atomic E-state index is 5.55. The van der Waals surface area contributed by atoms with Gasteiger partial charge in [0.15, 0.2) is 5.96 Å². The Labute approximate surface area is 167 Å². The van der Waals surface area contributed by atoms with Crippen molar-refractivity contribution >= 4 is 29.9 Å². The zero-order valence-electron chi connectivity index (χ0n) is 15.0. The Kier molecular flexibility index (Phi) is 8.44. The minimum absolute atomic E-state index is 0. The van der Waals surface area contributed by atoms with Gasteiger partial charge in [0.2, 0.25) is 0 Å². The van der Waals surface area contributed by atoms with Crippen LogP contribution in [0.1, 0.15) is 37.8 Å². The molecule has 1 aliphatic heterocycles. The van der Waals surface area contributed by atoms with E-state index in [1.165, 1.54) is 32.1 Å². The Morgan fingerprint density at radius 3 is 2.64 bits per heavy atom. The number of hydrogen-bond donors (Lipinski definition) is 2. The predicted molar refractivity (Wildman–Crippen MR) is 108 cm³/mol. The summed E-state index contributed by atoms with van der Waals surface area (Å²) in [6, 6.07) is 1.86. The van der Waals surface area contributed by atoms with Crippen molar-refractivity contribution in [3.8, 4) is 0 Å². The average molecular weight is 463 g/mol. The molecule has 1 aliphatic carbocycles. The van der Waals surface area contributed by atoms with Gasteiger partial charge in [-0.2, -0.15) is 0 Å². The van der Waals surface area contributed by atoms with Crippen molar-refractivity contribution in [3.05, 3.63) is 18.0 Å². The van der Waals surface area contributed by atoms with Gasteiger partial charge in [-0.15, -0.1) is 24.0 Å². The number of halogens is 1. The zero-order valence-corrected chi connectivity index (χ0v) is 17.3. The van der Waals surface area contributed by atoms with Crippen molar-refractivity contribution in [2.24, 2.45) is 4.99 Å². The molecule has 2 fully saturated rings. The normalized spacial score (nSPS) is 21.4.